The van der Waals surface area contributed by atoms with Gasteiger partial charge in [0.15, 0.2) is 0 Å². The first kappa shape index (κ1) is 25.8. The lowest BCUT2D eigenvalue weighted by Crippen LogP contribution is -2.38. The van der Waals surface area contributed by atoms with E-state index in [9.17, 15) is 18.0 Å². The summed E-state index contributed by atoms with van der Waals surface area (Å²) in [4.78, 5) is 25.2. The Labute approximate surface area is 205 Å². The number of rotatable bonds is 8. The van der Waals surface area contributed by atoms with Crippen molar-refractivity contribution < 1.29 is 27.5 Å². The summed E-state index contributed by atoms with van der Waals surface area (Å²) in [5.74, 6) is -0.816. The number of esters is 1. The number of hydrogen-bond donors (Lipinski definition) is 1. The molecule has 1 N–H and O–H groups in total. The molecule has 0 heterocycles. The van der Waals surface area contributed by atoms with E-state index in [2.05, 4.69) is 5.32 Å². The van der Waals surface area contributed by atoms with Crippen molar-refractivity contribution in [1.82, 2.24) is 0 Å². The summed E-state index contributed by atoms with van der Waals surface area (Å²) < 4.78 is 38.6. The monoisotopic (exact) mass is 496 g/mol. The van der Waals surface area contributed by atoms with E-state index in [4.69, 9.17) is 9.47 Å². The lowest BCUT2D eigenvalue weighted by molar-refractivity contribution is -0.114. The SMILES string of the molecule is COC(=O)c1cccc(NC(=O)CN(c2cc(C)ccc2OC)S(=O)(=O)c2ccc(C)cc2)c1C. The lowest BCUT2D eigenvalue weighted by atomic mass is 10.1. The maximum absolute atomic E-state index is 13.7. The molecule has 3 rings (SSSR count). The molecular weight excluding hydrogens is 468 g/mol. The molecule has 0 unspecified atom stereocenters. The number of ether oxygens (including phenoxy) is 2. The lowest BCUT2D eigenvalue weighted by Gasteiger charge is -2.26. The van der Waals surface area contributed by atoms with Crippen LogP contribution in [0.2, 0.25) is 0 Å². The molecule has 0 bridgehead atoms. The summed E-state index contributed by atoms with van der Waals surface area (Å²) in [6.45, 7) is 4.83. The molecule has 9 heteroatoms. The van der Waals surface area contributed by atoms with Crippen LogP contribution in [0.1, 0.15) is 27.0 Å². The highest BCUT2D eigenvalue weighted by molar-refractivity contribution is 7.92. The van der Waals surface area contributed by atoms with Crippen LogP contribution in [0.4, 0.5) is 11.4 Å². The van der Waals surface area contributed by atoms with Crippen molar-refractivity contribution in [3.8, 4) is 5.75 Å². The van der Waals surface area contributed by atoms with E-state index in [0.29, 0.717) is 22.6 Å². The van der Waals surface area contributed by atoms with Crippen molar-refractivity contribution in [2.24, 2.45) is 0 Å². The number of carbonyl (C=O) groups is 2. The fraction of sp³-hybridized carbons (Fsp3) is 0.231. The number of benzene rings is 3. The molecule has 0 saturated heterocycles. The van der Waals surface area contributed by atoms with Gasteiger partial charge in [-0.2, -0.15) is 0 Å². The van der Waals surface area contributed by atoms with Crippen molar-refractivity contribution in [3.05, 3.63) is 82.9 Å². The van der Waals surface area contributed by atoms with Gasteiger partial charge in [0.2, 0.25) is 5.91 Å². The van der Waals surface area contributed by atoms with Gasteiger partial charge in [-0.25, -0.2) is 13.2 Å². The fourth-order valence-corrected chi connectivity index (χ4v) is 4.98. The standard InChI is InChI=1S/C26H28N2O6S/c1-17-9-12-20(13-10-17)35(31,32)28(23-15-18(2)11-14-24(23)33-4)16-25(29)27-22-8-6-7-21(19(22)3)26(30)34-5/h6-15H,16H2,1-5H3,(H,27,29). The molecule has 35 heavy (non-hydrogen) atoms. The Bertz CT molecular complexity index is 1350. The van der Waals surface area contributed by atoms with Gasteiger partial charge < -0.3 is 14.8 Å². The Kier molecular flexibility index (Phi) is 7.81. The van der Waals surface area contributed by atoms with Crippen LogP contribution in [0, 0.1) is 20.8 Å². The Morgan fingerprint density at radius 3 is 2.20 bits per heavy atom. The smallest absolute Gasteiger partial charge is 0.338 e. The number of carbonyl (C=O) groups excluding carboxylic acids is 2. The van der Waals surface area contributed by atoms with E-state index in [1.807, 2.05) is 13.8 Å². The van der Waals surface area contributed by atoms with E-state index >= 15 is 0 Å². The number of aryl methyl sites for hydroxylation is 2. The summed E-state index contributed by atoms with van der Waals surface area (Å²) in [6.07, 6.45) is 0. The van der Waals surface area contributed by atoms with Crippen molar-refractivity contribution in [1.29, 1.82) is 0 Å². The highest BCUT2D eigenvalue weighted by Crippen LogP contribution is 2.33. The Morgan fingerprint density at radius 1 is 0.914 bits per heavy atom. The Balaban J connectivity index is 2.03. The molecule has 0 fully saturated rings. The molecule has 0 aromatic heterocycles. The highest BCUT2D eigenvalue weighted by Gasteiger charge is 2.30. The van der Waals surface area contributed by atoms with Crippen molar-refractivity contribution in [2.45, 2.75) is 25.7 Å². The topological polar surface area (TPSA) is 102 Å². The minimum Gasteiger partial charge on any atom is -0.495 e. The molecule has 0 spiro atoms. The largest absolute Gasteiger partial charge is 0.495 e. The van der Waals surface area contributed by atoms with Crippen molar-refractivity contribution >= 4 is 33.3 Å². The number of anilines is 2. The first-order valence-corrected chi connectivity index (χ1v) is 12.2. The number of nitrogens with one attached hydrogen (secondary N) is 1. The zero-order chi connectivity index (χ0) is 25.8. The van der Waals surface area contributed by atoms with Gasteiger partial charge in [-0.3, -0.25) is 9.10 Å². The number of sulfonamides is 1. The number of hydrogen-bond acceptors (Lipinski definition) is 6. The van der Waals surface area contributed by atoms with Crippen LogP contribution in [0.25, 0.3) is 0 Å². The molecule has 0 aliphatic carbocycles. The molecule has 3 aromatic carbocycles. The average Bonchev–Trinajstić information content (AvgIpc) is 2.83. The van der Waals surface area contributed by atoms with E-state index < -0.39 is 28.4 Å². The molecule has 0 aliphatic rings. The third-order valence-corrected chi connectivity index (χ3v) is 7.29. The third-order valence-electron chi connectivity index (χ3n) is 5.51. The van der Waals surface area contributed by atoms with Gasteiger partial charge in [-0.05, 0) is 68.3 Å². The summed E-state index contributed by atoms with van der Waals surface area (Å²) in [5, 5.41) is 2.72. The summed E-state index contributed by atoms with van der Waals surface area (Å²) in [6, 6.07) is 16.3. The predicted octanol–water partition coefficient (Wildman–Crippen LogP) is 4.24. The molecule has 0 aliphatic heterocycles. The number of amides is 1. The van der Waals surface area contributed by atoms with Gasteiger partial charge in [0.05, 0.1) is 30.4 Å². The minimum atomic E-state index is -4.12. The average molecular weight is 497 g/mol. The van der Waals surface area contributed by atoms with Crippen LogP contribution in [-0.4, -0.2) is 41.1 Å². The molecule has 0 atom stereocenters. The fourth-order valence-electron chi connectivity index (χ4n) is 3.55. The van der Waals surface area contributed by atoms with E-state index in [1.165, 1.54) is 26.4 Å². The van der Waals surface area contributed by atoms with Crippen LogP contribution in [0.15, 0.2) is 65.6 Å². The van der Waals surface area contributed by atoms with Gasteiger partial charge >= 0.3 is 5.97 Å². The second-order valence-corrected chi connectivity index (χ2v) is 9.88. The first-order chi connectivity index (χ1) is 16.6. The van der Waals surface area contributed by atoms with E-state index in [1.54, 1.807) is 55.5 Å². The predicted molar refractivity (Wildman–Crippen MR) is 135 cm³/mol. The summed E-state index contributed by atoms with van der Waals surface area (Å²) in [5.41, 5.74) is 3.13. The van der Waals surface area contributed by atoms with Crippen LogP contribution < -0.4 is 14.4 Å². The number of methoxy groups -OCH3 is 2. The van der Waals surface area contributed by atoms with Gasteiger partial charge in [-0.15, -0.1) is 0 Å². The Morgan fingerprint density at radius 2 is 1.57 bits per heavy atom. The van der Waals surface area contributed by atoms with Crippen molar-refractivity contribution in [3.63, 3.8) is 0 Å². The molecule has 0 radical (unpaired) electrons. The van der Waals surface area contributed by atoms with Gasteiger partial charge in [0, 0.05) is 5.69 Å². The molecule has 3 aromatic rings. The second-order valence-electron chi connectivity index (χ2n) is 8.02. The van der Waals surface area contributed by atoms with E-state index in [-0.39, 0.29) is 10.6 Å². The maximum Gasteiger partial charge on any atom is 0.338 e. The molecule has 1 amide bonds. The Hall–Kier alpha value is -3.85. The summed E-state index contributed by atoms with van der Waals surface area (Å²) >= 11 is 0. The van der Waals surface area contributed by atoms with Crippen LogP contribution in [-0.2, 0) is 19.6 Å². The normalized spacial score (nSPS) is 11.0. The zero-order valence-corrected chi connectivity index (χ0v) is 21.1. The quantitative estimate of drug-likeness (QED) is 0.468. The highest BCUT2D eigenvalue weighted by atomic mass is 32.2. The zero-order valence-electron chi connectivity index (χ0n) is 20.3. The minimum absolute atomic E-state index is 0.0447. The maximum atomic E-state index is 13.7. The summed E-state index contributed by atoms with van der Waals surface area (Å²) in [7, 11) is -1.41. The van der Waals surface area contributed by atoms with Crippen molar-refractivity contribution in [2.75, 3.05) is 30.4 Å². The third kappa shape index (κ3) is 5.63. The van der Waals surface area contributed by atoms with Crippen LogP contribution in [0.3, 0.4) is 0 Å². The first-order valence-electron chi connectivity index (χ1n) is 10.8. The second kappa shape index (κ2) is 10.6. The number of nitrogens with zero attached hydrogens (tertiary/aromatic N) is 1. The van der Waals surface area contributed by atoms with Gasteiger partial charge in [0.1, 0.15) is 12.3 Å². The van der Waals surface area contributed by atoms with Crippen LogP contribution >= 0.6 is 0 Å². The molecule has 0 saturated carbocycles. The van der Waals surface area contributed by atoms with Gasteiger partial charge in [0.25, 0.3) is 10.0 Å². The van der Waals surface area contributed by atoms with Gasteiger partial charge in [-0.1, -0.05) is 29.8 Å². The molecule has 184 valence electrons. The molecule has 8 nitrogen and oxygen atoms in total. The van der Waals surface area contributed by atoms with E-state index in [0.717, 1.165) is 15.4 Å². The molecular formula is C26H28N2O6S. The van der Waals surface area contributed by atoms with Crippen LogP contribution in [0.5, 0.6) is 5.75 Å².